The first-order chi connectivity index (χ1) is 25.0. The van der Waals surface area contributed by atoms with E-state index in [1.54, 1.807) is 0 Å². The number of para-hydroxylation sites is 1. The average molecular weight is 865 g/mol. The fourth-order valence-electron chi connectivity index (χ4n) is 8.81. The number of nitrogens with zero attached hydrogens (tertiary/aromatic N) is 3. The topological polar surface area (TPSA) is 30.7 Å². The molecule has 0 fully saturated rings. The van der Waals surface area contributed by atoms with Crippen LogP contribution in [0.3, 0.4) is 0 Å². The molecule has 3 nitrogen and oxygen atoms in total. The predicted octanol–water partition coefficient (Wildman–Crippen LogP) is 11.8. The Kier molecular flexibility index (Phi) is 7.44. The maximum absolute atomic E-state index is 5.61. The summed E-state index contributed by atoms with van der Waals surface area (Å²) in [6.07, 6.45) is 1.84. The molecule has 0 bridgehead atoms. The van der Waals surface area contributed by atoms with Crippen molar-refractivity contribution in [3.63, 3.8) is 0 Å². The first-order valence-electron chi connectivity index (χ1n) is 18.3. The number of pyridine rings is 2. The minimum atomic E-state index is -0.495. The van der Waals surface area contributed by atoms with Crippen molar-refractivity contribution in [2.45, 2.75) is 57.8 Å². The summed E-state index contributed by atoms with van der Waals surface area (Å²) in [4.78, 5) is 10.3. The molecule has 260 valence electrons. The van der Waals surface area contributed by atoms with Crippen LogP contribution >= 0.6 is 0 Å². The minimum absolute atomic E-state index is 0. The van der Waals surface area contributed by atoms with Crippen molar-refractivity contribution in [2.75, 3.05) is 0 Å². The van der Waals surface area contributed by atoms with E-state index in [0.717, 1.165) is 44.8 Å². The van der Waals surface area contributed by atoms with E-state index in [1.807, 2.05) is 30.5 Å². The minimum Gasteiger partial charge on any atom is -0.313 e. The maximum atomic E-state index is 5.61. The van der Waals surface area contributed by atoms with Gasteiger partial charge in [0.25, 0.3) is 0 Å². The SMILES string of the molecule is CC(C)(C)c1ccc2c(c1)-c1cc(C(C)(C)C)ccc1C21c2ccc[c-]c2-c2nc(-n3c4[c-]c(-c5ccccn5)ccc4c4ccccc43)ccc21.[Pt+2]. The molecule has 0 saturated heterocycles. The van der Waals surface area contributed by atoms with Crippen molar-refractivity contribution < 1.29 is 21.1 Å². The fourth-order valence-corrected chi connectivity index (χ4v) is 8.81. The van der Waals surface area contributed by atoms with Crippen LogP contribution in [0.1, 0.15) is 74.9 Å². The monoisotopic (exact) mass is 864 g/mol. The van der Waals surface area contributed by atoms with Crippen molar-refractivity contribution in [3.05, 3.63) is 173 Å². The standard InChI is InChI=1S/C49H39N3.Pt/c1-47(2,3)31-19-22-39-36(28-31)37-29-32(48(4,5)6)20-23-40(37)49(39)38-15-9-7-14-35(38)46-41(49)24-25-45(51-46)52-43-17-10-8-13-33(43)34-21-18-30(27-44(34)52)42-16-11-12-26-50-42;/h7-13,15-26,28-29H,1-6H3;/q-2;+2. The van der Waals surface area contributed by atoms with Crippen LogP contribution in [0.5, 0.6) is 0 Å². The number of fused-ring (bicyclic) bond motifs is 13. The zero-order valence-electron chi connectivity index (χ0n) is 30.8. The van der Waals surface area contributed by atoms with Gasteiger partial charge in [-0.1, -0.05) is 125 Å². The van der Waals surface area contributed by atoms with Gasteiger partial charge in [-0.25, -0.2) is 0 Å². The van der Waals surface area contributed by atoms with E-state index >= 15 is 0 Å². The molecule has 3 heterocycles. The molecular formula is C49H39N3Pt. The van der Waals surface area contributed by atoms with Gasteiger partial charge in [-0.05, 0) is 84.7 Å². The second kappa shape index (κ2) is 11.7. The summed E-state index contributed by atoms with van der Waals surface area (Å²) in [6.45, 7) is 13.8. The quantitative estimate of drug-likeness (QED) is 0.162. The Hall–Kier alpha value is -5.11. The van der Waals surface area contributed by atoms with Crippen LogP contribution in [-0.2, 0) is 37.3 Å². The van der Waals surface area contributed by atoms with Crippen molar-refractivity contribution in [1.82, 2.24) is 14.5 Å². The summed E-state index contributed by atoms with van der Waals surface area (Å²) in [5, 5.41) is 2.32. The van der Waals surface area contributed by atoms with Gasteiger partial charge in [0.2, 0.25) is 0 Å². The summed E-state index contributed by atoms with van der Waals surface area (Å²) < 4.78 is 2.27. The Morgan fingerprint density at radius 1 is 0.623 bits per heavy atom. The zero-order chi connectivity index (χ0) is 35.6. The Balaban J connectivity index is 0.00000372. The third-order valence-electron chi connectivity index (χ3n) is 11.4. The largest absolute Gasteiger partial charge is 2.00 e. The zero-order valence-corrected chi connectivity index (χ0v) is 33.1. The van der Waals surface area contributed by atoms with Crippen LogP contribution < -0.4 is 0 Å². The molecule has 0 amide bonds. The molecule has 3 aromatic heterocycles. The summed E-state index contributed by atoms with van der Waals surface area (Å²) in [7, 11) is 0. The number of aromatic nitrogens is 3. The maximum Gasteiger partial charge on any atom is 2.00 e. The van der Waals surface area contributed by atoms with E-state index in [9.17, 15) is 0 Å². The number of benzene rings is 5. The third kappa shape index (κ3) is 4.76. The second-order valence-electron chi connectivity index (χ2n) is 16.5. The number of hydrogen-bond donors (Lipinski definition) is 0. The van der Waals surface area contributed by atoms with Crippen molar-refractivity contribution in [3.8, 4) is 39.5 Å². The van der Waals surface area contributed by atoms with Gasteiger partial charge in [0.15, 0.2) is 0 Å². The Morgan fingerprint density at radius 3 is 1.98 bits per heavy atom. The van der Waals surface area contributed by atoms with Gasteiger partial charge in [0.1, 0.15) is 5.82 Å². The molecule has 0 unspecified atom stereocenters. The van der Waals surface area contributed by atoms with Crippen LogP contribution in [0.25, 0.3) is 61.3 Å². The van der Waals surface area contributed by atoms with Gasteiger partial charge in [0, 0.05) is 17.1 Å². The van der Waals surface area contributed by atoms with E-state index in [1.165, 1.54) is 49.9 Å². The molecule has 0 N–H and O–H groups in total. The molecule has 53 heavy (non-hydrogen) atoms. The van der Waals surface area contributed by atoms with E-state index in [0.29, 0.717) is 0 Å². The Bertz CT molecular complexity index is 2700. The van der Waals surface area contributed by atoms with Gasteiger partial charge in [-0.3, -0.25) is 4.98 Å². The molecule has 0 atom stereocenters. The van der Waals surface area contributed by atoms with E-state index in [2.05, 4.69) is 160 Å². The van der Waals surface area contributed by atoms with Crippen molar-refractivity contribution >= 4 is 21.8 Å². The first-order valence-corrected chi connectivity index (χ1v) is 18.3. The summed E-state index contributed by atoms with van der Waals surface area (Å²) in [5.41, 5.74) is 16.0. The Morgan fingerprint density at radius 2 is 1.30 bits per heavy atom. The Labute approximate surface area is 326 Å². The average Bonchev–Trinajstić information content (AvgIpc) is 3.75. The molecule has 5 aromatic carbocycles. The molecule has 1 spiro atoms. The van der Waals surface area contributed by atoms with Crippen LogP contribution in [-0.4, -0.2) is 14.5 Å². The molecule has 0 saturated carbocycles. The summed E-state index contributed by atoms with van der Waals surface area (Å²) >= 11 is 0. The second-order valence-corrected chi connectivity index (χ2v) is 16.5. The summed E-state index contributed by atoms with van der Waals surface area (Å²) in [6, 6.07) is 51.8. The molecule has 2 aliphatic rings. The van der Waals surface area contributed by atoms with E-state index in [-0.39, 0.29) is 31.9 Å². The summed E-state index contributed by atoms with van der Waals surface area (Å²) in [5.74, 6) is 0.865. The third-order valence-corrected chi connectivity index (χ3v) is 11.4. The molecule has 4 heteroatoms. The normalized spacial score (nSPS) is 13.8. The van der Waals surface area contributed by atoms with Crippen LogP contribution in [0.4, 0.5) is 0 Å². The molecule has 2 aliphatic carbocycles. The first kappa shape index (κ1) is 33.7. The van der Waals surface area contributed by atoms with Gasteiger partial charge in [-0.2, -0.15) is 0 Å². The van der Waals surface area contributed by atoms with Crippen LogP contribution in [0.15, 0.2) is 128 Å². The van der Waals surface area contributed by atoms with Gasteiger partial charge in [0.05, 0.1) is 0 Å². The predicted molar refractivity (Wildman–Crippen MR) is 213 cm³/mol. The van der Waals surface area contributed by atoms with Crippen LogP contribution in [0, 0.1) is 12.1 Å². The van der Waals surface area contributed by atoms with Gasteiger partial charge < -0.3 is 9.55 Å². The number of rotatable bonds is 2. The van der Waals surface area contributed by atoms with Crippen LogP contribution in [0.2, 0.25) is 0 Å². The smallest absolute Gasteiger partial charge is 0.313 e. The van der Waals surface area contributed by atoms with E-state index in [4.69, 9.17) is 4.98 Å². The van der Waals surface area contributed by atoms with Gasteiger partial charge >= 0.3 is 21.1 Å². The van der Waals surface area contributed by atoms with Crippen molar-refractivity contribution in [1.29, 1.82) is 0 Å². The fraction of sp³-hybridized carbons (Fsp3) is 0.184. The molecule has 0 radical (unpaired) electrons. The number of hydrogen-bond acceptors (Lipinski definition) is 2. The molecule has 0 aliphatic heterocycles. The molecule has 8 aromatic rings. The molecular weight excluding hydrogens is 826 g/mol. The van der Waals surface area contributed by atoms with E-state index < -0.39 is 5.41 Å². The van der Waals surface area contributed by atoms with Gasteiger partial charge in [-0.15, -0.1) is 59.2 Å². The van der Waals surface area contributed by atoms with Crippen molar-refractivity contribution in [2.24, 2.45) is 0 Å². The molecule has 10 rings (SSSR count).